The van der Waals surface area contributed by atoms with Crippen LogP contribution in [0.5, 0.6) is 5.75 Å². The van der Waals surface area contributed by atoms with Gasteiger partial charge in [0.05, 0.1) is 0 Å². The minimum absolute atomic E-state index is 0.115. The van der Waals surface area contributed by atoms with Crippen LogP contribution in [0.3, 0.4) is 0 Å². The van der Waals surface area contributed by atoms with Gasteiger partial charge in [-0.25, -0.2) is 0 Å². The number of phenols is 1. The topological polar surface area (TPSA) is 45.0 Å². The predicted octanol–water partition coefficient (Wildman–Crippen LogP) is 2.01. The van der Waals surface area contributed by atoms with Gasteiger partial charge >= 0.3 is 0 Å². The van der Waals surface area contributed by atoms with E-state index in [1.54, 1.807) is 18.3 Å². The molecule has 1 aromatic rings. The van der Waals surface area contributed by atoms with E-state index in [1.807, 2.05) is 30.5 Å². The fourth-order valence-corrected chi connectivity index (χ4v) is 1.54. The summed E-state index contributed by atoms with van der Waals surface area (Å²) >= 11 is 0. The van der Waals surface area contributed by atoms with Crippen molar-refractivity contribution in [3.05, 3.63) is 42.0 Å². The third-order valence-electron chi connectivity index (χ3n) is 2.35. The molecule has 1 N–H and O–H groups in total. The van der Waals surface area contributed by atoms with Gasteiger partial charge in [0.2, 0.25) is 0 Å². The molecular weight excluding hydrogens is 200 g/mol. The second-order valence-corrected chi connectivity index (χ2v) is 3.65. The molecule has 0 saturated heterocycles. The summed E-state index contributed by atoms with van der Waals surface area (Å²) in [5.41, 5.74) is 1.10. The van der Waals surface area contributed by atoms with E-state index in [4.69, 9.17) is 0 Å². The van der Waals surface area contributed by atoms with Gasteiger partial charge in [0.15, 0.2) is 0 Å². The summed E-state index contributed by atoms with van der Waals surface area (Å²) in [6, 6.07) is 7.39. The lowest BCUT2D eigenvalue weighted by Crippen LogP contribution is -1.99. The van der Waals surface area contributed by atoms with Gasteiger partial charge in [0.25, 0.3) is 0 Å². The van der Waals surface area contributed by atoms with Crippen molar-refractivity contribution in [1.29, 1.82) is 0 Å². The normalized spacial score (nSPS) is 18.6. The van der Waals surface area contributed by atoms with Crippen LogP contribution in [0.1, 0.15) is 5.56 Å². The third-order valence-corrected chi connectivity index (χ3v) is 2.35. The van der Waals surface area contributed by atoms with Gasteiger partial charge in [-0.2, -0.15) is 0 Å². The van der Waals surface area contributed by atoms with Crippen molar-refractivity contribution in [2.24, 2.45) is 9.98 Å². The van der Waals surface area contributed by atoms with Crippen LogP contribution in [0.2, 0.25) is 0 Å². The van der Waals surface area contributed by atoms with Crippen molar-refractivity contribution in [3.63, 3.8) is 0 Å². The van der Waals surface area contributed by atoms with Crippen molar-refractivity contribution in [2.45, 2.75) is 12.5 Å². The molecule has 0 spiro atoms. The molecule has 3 nitrogen and oxygen atoms in total. The average molecular weight is 214 g/mol. The Morgan fingerprint density at radius 3 is 3.12 bits per heavy atom. The molecular formula is C13H14N2O. The SMILES string of the molecule is Oc1cccc(CCN=CC2C=CC=N2)c1. The van der Waals surface area contributed by atoms with Crippen molar-refractivity contribution in [1.82, 2.24) is 0 Å². The highest BCUT2D eigenvalue weighted by molar-refractivity contribution is 5.81. The first kappa shape index (κ1) is 10.6. The molecule has 1 aromatic carbocycles. The van der Waals surface area contributed by atoms with Crippen LogP contribution in [-0.4, -0.2) is 30.1 Å². The van der Waals surface area contributed by atoms with Crippen LogP contribution >= 0.6 is 0 Å². The van der Waals surface area contributed by atoms with Crippen LogP contribution in [0.25, 0.3) is 0 Å². The Morgan fingerprint density at radius 2 is 2.38 bits per heavy atom. The zero-order valence-corrected chi connectivity index (χ0v) is 8.95. The number of hydrogen-bond donors (Lipinski definition) is 1. The fraction of sp³-hybridized carbons (Fsp3) is 0.231. The van der Waals surface area contributed by atoms with E-state index in [0.717, 1.165) is 18.5 Å². The maximum atomic E-state index is 9.28. The van der Waals surface area contributed by atoms with E-state index in [0.29, 0.717) is 5.75 Å². The number of hydrogen-bond acceptors (Lipinski definition) is 3. The molecule has 16 heavy (non-hydrogen) atoms. The molecule has 82 valence electrons. The summed E-state index contributed by atoms with van der Waals surface area (Å²) in [4.78, 5) is 8.48. The number of rotatable bonds is 4. The predicted molar refractivity (Wildman–Crippen MR) is 66.6 cm³/mol. The maximum Gasteiger partial charge on any atom is 0.115 e. The molecule has 0 bridgehead atoms. The monoisotopic (exact) mass is 214 g/mol. The molecule has 3 heteroatoms. The Bertz CT molecular complexity index is 423. The van der Waals surface area contributed by atoms with Crippen LogP contribution in [0, 0.1) is 0 Å². The Morgan fingerprint density at radius 1 is 1.44 bits per heavy atom. The first-order chi connectivity index (χ1) is 7.84. The Kier molecular flexibility index (Phi) is 3.49. The van der Waals surface area contributed by atoms with E-state index in [2.05, 4.69) is 9.98 Å². The summed E-state index contributed by atoms with van der Waals surface area (Å²) in [6.45, 7) is 0.726. The molecule has 1 aliphatic heterocycles. The second-order valence-electron chi connectivity index (χ2n) is 3.65. The van der Waals surface area contributed by atoms with Crippen molar-refractivity contribution < 1.29 is 5.11 Å². The molecule has 0 aliphatic carbocycles. The minimum atomic E-state index is 0.115. The van der Waals surface area contributed by atoms with E-state index in [-0.39, 0.29) is 6.04 Å². The quantitative estimate of drug-likeness (QED) is 0.766. The molecule has 1 heterocycles. The van der Waals surface area contributed by atoms with E-state index >= 15 is 0 Å². The van der Waals surface area contributed by atoms with Gasteiger partial charge in [-0.05, 0) is 30.2 Å². The summed E-state index contributed by atoms with van der Waals surface area (Å²) in [6.07, 6.45) is 8.39. The molecule has 1 unspecified atom stereocenters. The number of aromatic hydroxyl groups is 1. The molecule has 1 aliphatic rings. The smallest absolute Gasteiger partial charge is 0.115 e. The van der Waals surface area contributed by atoms with Crippen molar-refractivity contribution >= 4 is 12.4 Å². The lowest BCUT2D eigenvalue weighted by atomic mass is 10.1. The standard InChI is InChI=1S/C13H14N2O/c16-13-5-1-3-11(9-13)6-8-14-10-12-4-2-7-15-12/h1-5,7,9-10,12,16H,6,8H2. The number of nitrogens with zero attached hydrogens (tertiary/aromatic N) is 2. The highest BCUT2D eigenvalue weighted by Gasteiger charge is 1.99. The zero-order chi connectivity index (χ0) is 11.2. The van der Waals surface area contributed by atoms with Gasteiger partial charge in [-0.3, -0.25) is 9.98 Å². The van der Waals surface area contributed by atoms with Gasteiger partial charge in [-0.1, -0.05) is 18.2 Å². The summed E-state index contributed by atoms with van der Waals surface area (Å²) in [7, 11) is 0. The van der Waals surface area contributed by atoms with Gasteiger partial charge in [0.1, 0.15) is 11.8 Å². The van der Waals surface area contributed by atoms with Crippen LogP contribution in [0.4, 0.5) is 0 Å². The number of aliphatic imine (C=N–C) groups is 2. The van der Waals surface area contributed by atoms with Crippen molar-refractivity contribution in [3.8, 4) is 5.75 Å². The molecule has 0 saturated carbocycles. The van der Waals surface area contributed by atoms with Crippen molar-refractivity contribution in [2.75, 3.05) is 6.54 Å². The number of benzene rings is 1. The summed E-state index contributed by atoms with van der Waals surface area (Å²) in [5.74, 6) is 0.310. The minimum Gasteiger partial charge on any atom is -0.508 e. The fourth-order valence-electron chi connectivity index (χ4n) is 1.54. The highest BCUT2D eigenvalue weighted by Crippen LogP contribution is 2.11. The summed E-state index contributed by atoms with van der Waals surface area (Å²) < 4.78 is 0. The van der Waals surface area contributed by atoms with Gasteiger partial charge in [0, 0.05) is 19.0 Å². The molecule has 0 aromatic heterocycles. The molecule has 0 radical (unpaired) electrons. The third kappa shape index (κ3) is 3.05. The lowest BCUT2D eigenvalue weighted by Gasteiger charge is -1.99. The lowest BCUT2D eigenvalue weighted by molar-refractivity contribution is 0.474. The average Bonchev–Trinajstić information content (AvgIpc) is 2.77. The largest absolute Gasteiger partial charge is 0.508 e. The zero-order valence-electron chi connectivity index (χ0n) is 8.95. The Hall–Kier alpha value is -1.90. The van der Waals surface area contributed by atoms with Crippen LogP contribution in [-0.2, 0) is 6.42 Å². The Balaban J connectivity index is 1.79. The van der Waals surface area contributed by atoms with E-state index in [1.165, 1.54) is 0 Å². The molecule has 1 atom stereocenters. The van der Waals surface area contributed by atoms with Crippen LogP contribution < -0.4 is 0 Å². The second kappa shape index (κ2) is 5.26. The molecule has 2 rings (SSSR count). The van der Waals surface area contributed by atoms with Crippen LogP contribution in [0.15, 0.2) is 46.4 Å². The maximum absolute atomic E-state index is 9.28. The molecule has 0 amide bonds. The first-order valence-corrected chi connectivity index (χ1v) is 5.32. The highest BCUT2D eigenvalue weighted by atomic mass is 16.3. The van der Waals surface area contributed by atoms with E-state index in [9.17, 15) is 5.11 Å². The first-order valence-electron chi connectivity index (χ1n) is 5.32. The van der Waals surface area contributed by atoms with Gasteiger partial charge < -0.3 is 5.11 Å². The molecule has 0 fully saturated rings. The Labute approximate surface area is 94.9 Å². The van der Waals surface area contributed by atoms with E-state index < -0.39 is 0 Å². The number of allylic oxidation sites excluding steroid dienone is 1. The number of phenolic OH excluding ortho intramolecular Hbond substituents is 1. The summed E-state index contributed by atoms with van der Waals surface area (Å²) in [5, 5.41) is 9.28. The van der Waals surface area contributed by atoms with Gasteiger partial charge in [-0.15, -0.1) is 0 Å².